The van der Waals surface area contributed by atoms with Crippen LogP contribution in [0.2, 0.25) is 0 Å². The van der Waals surface area contributed by atoms with E-state index in [0.717, 1.165) is 22.3 Å². The summed E-state index contributed by atoms with van der Waals surface area (Å²) in [5, 5.41) is 2.99. The van der Waals surface area contributed by atoms with E-state index >= 15 is 0 Å². The number of hydrogen-bond acceptors (Lipinski definition) is 4. The van der Waals surface area contributed by atoms with Crippen molar-refractivity contribution in [2.75, 3.05) is 0 Å². The highest BCUT2D eigenvalue weighted by Gasteiger charge is 2.29. The molecule has 190 valence electrons. The van der Waals surface area contributed by atoms with Gasteiger partial charge in [-0.25, -0.2) is 17.5 Å². The van der Waals surface area contributed by atoms with Crippen molar-refractivity contribution in [2.24, 2.45) is 11.7 Å². The van der Waals surface area contributed by atoms with Crippen LogP contribution in [0.1, 0.15) is 49.8 Å². The molecule has 0 spiro atoms. The lowest BCUT2D eigenvalue weighted by molar-refractivity contribution is -0.126. The average Bonchev–Trinajstić information content (AvgIpc) is 2.89. The number of hydrogen-bond donors (Lipinski definition) is 3. The monoisotopic (exact) mass is 509 g/mol. The van der Waals surface area contributed by atoms with Crippen molar-refractivity contribution >= 4 is 15.9 Å². The van der Waals surface area contributed by atoms with Crippen molar-refractivity contribution in [1.82, 2.24) is 10.0 Å². The summed E-state index contributed by atoms with van der Waals surface area (Å²) in [7, 11) is -3.67. The van der Waals surface area contributed by atoms with Gasteiger partial charge in [0.25, 0.3) is 0 Å². The molecule has 1 aliphatic rings. The van der Waals surface area contributed by atoms with Gasteiger partial charge in [-0.15, -0.1) is 0 Å². The Hall–Kier alpha value is -3.07. The first-order chi connectivity index (χ1) is 17.2. The van der Waals surface area contributed by atoms with E-state index < -0.39 is 10.0 Å². The molecule has 4 rings (SSSR count). The van der Waals surface area contributed by atoms with Crippen LogP contribution in [0.3, 0.4) is 0 Å². The Bertz CT molecular complexity index is 1290. The molecule has 1 amide bonds. The second-order valence-electron chi connectivity index (χ2n) is 9.38. The van der Waals surface area contributed by atoms with Gasteiger partial charge in [0, 0.05) is 18.5 Å². The summed E-state index contributed by atoms with van der Waals surface area (Å²) in [5.74, 6) is -0.536. The lowest BCUT2D eigenvalue weighted by Crippen LogP contribution is -2.41. The molecule has 1 saturated carbocycles. The summed E-state index contributed by atoms with van der Waals surface area (Å²) < 4.78 is 41.9. The molecule has 0 aromatic heterocycles. The van der Waals surface area contributed by atoms with Gasteiger partial charge in [-0.05, 0) is 85.2 Å². The summed E-state index contributed by atoms with van der Waals surface area (Å²) in [6.07, 6.45) is 2.38. The maximum Gasteiger partial charge on any atom is 0.240 e. The number of carbonyl (C=O) groups excluding carboxylic acids is 1. The summed E-state index contributed by atoms with van der Waals surface area (Å²) >= 11 is 0. The molecule has 0 radical (unpaired) electrons. The van der Waals surface area contributed by atoms with Gasteiger partial charge in [0.15, 0.2) is 0 Å². The Balaban J connectivity index is 1.31. The third kappa shape index (κ3) is 6.37. The van der Waals surface area contributed by atoms with Gasteiger partial charge in [-0.3, -0.25) is 4.79 Å². The fourth-order valence-corrected chi connectivity index (χ4v) is 5.94. The van der Waals surface area contributed by atoms with Crippen LogP contribution in [0.4, 0.5) is 4.39 Å². The molecule has 6 nitrogen and oxygen atoms in total. The summed E-state index contributed by atoms with van der Waals surface area (Å²) in [5.41, 5.74) is 9.48. The topological polar surface area (TPSA) is 101 Å². The van der Waals surface area contributed by atoms with Gasteiger partial charge in [0.05, 0.1) is 10.9 Å². The molecular weight excluding hydrogens is 477 g/mol. The smallest absolute Gasteiger partial charge is 0.240 e. The molecule has 0 heterocycles. The van der Waals surface area contributed by atoms with Gasteiger partial charge in [0.2, 0.25) is 15.9 Å². The predicted octanol–water partition coefficient (Wildman–Crippen LogP) is 4.67. The molecule has 0 saturated heterocycles. The van der Waals surface area contributed by atoms with Crippen LogP contribution < -0.4 is 15.8 Å². The maximum atomic E-state index is 13.1. The van der Waals surface area contributed by atoms with E-state index in [4.69, 9.17) is 5.73 Å². The third-order valence-corrected chi connectivity index (χ3v) is 8.35. The molecule has 8 heteroatoms. The minimum atomic E-state index is -3.67. The number of benzene rings is 3. The van der Waals surface area contributed by atoms with Gasteiger partial charge in [0.1, 0.15) is 5.82 Å². The van der Waals surface area contributed by atoms with Crippen molar-refractivity contribution in [2.45, 2.75) is 56.1 Å². The van der Waals surface area contributed by atoms with Gasteiger partial charge >= 0.3 is 0 Å². The summed E-state index contributed by atoms with van der Waals surface area (Å²) in [6.45, 7) is 2.31. The Morgan fingerprint density at radius 3 is 2.28 bits per heavy atom. The second-order valence-corrected chi connectivity index (χ2v) is 11.1. The van der Waals surface area contributed by atoms with Crippen LogP contribution in [0.15, 0.2) is 77.7 Å². The first-order valence-corrected chi connectivity index (χ1v) is 13.7. The van der Waals surface area contributed by atoms with Gasteiger partial charge < -0.3 is 11.1 Å². The Labute approximate surface area is 212 Å². The summed E-state index contributed by atoms with van der Waals surface area (Å²) in [6, 6.07) is 20.3. The zero-order valence-corrected chi connectivity index (χ0v) is 21.1. The number of rotatable bonds is 8. The predicted molar refractivity (Wildman–Crippen MR) is 139 cm³/mol. The van der Waals surface area contributed by atoms with Crippen LogP contribution in [-0.4, -0.2) is 20.4 Å². The third-order valence-electron chi connectivity index (χ3n) is 6.81. The second kappa shape index (κ2) is 11.3. The number of halogens is 1. The highest BCUT2D eigenvalue weighted by atomic mass is 32.2. The molecule has 1 atom stereocenters. The molecule has 0 bridgehead atoms. The first kappa shape index (κ1) is 26.0. The van der Waals surface area contributed by atoms with Crippen LogP contribution in [0, 0.1) is 11.7 Å². The zero-order chi connectivity index (χ0) is 25.7. The Kier molecular flexibility index (Phi) is 8.18. The van der Waals surface area contributed by atoms with E-state index in [0.29, 0.717) is 32.2 Å². The largest absolute Gasteiger partial charge is 0.349 e. The zero-order valence-electron chi connectivity index (χ0n) is 20.3. The fraction of sp³-hybridized carbons (Fsp3) is 0.321. The molecule has 3 aromatic rings. The highest BCUT2D eigenvalue weighted by molar-refractivity contribution is 7.89. The van der Waals surface area contributed by atoms with E-state index in [1.165, 1.54) is 12.1 Å². The summed E-state index contributed by atoms with van der Waals surface area (Å²) in [4.78, 5) is 12.9. The van der Waals surface area contributed by atoms with Crippen LogP contribution in [0.5, 0.6) is 0 Å². The molecule has 0 aliphatic heterocycles. The molecule has 3 aromatic carbocycles. The number of sulfonamides is 1. The van der Waals surface area contributed by atoms with Gasteiger partial charge in [-0.2, -0.15) is 0 Å². The standard InChI is InChI=1S/C28H32FN3O3S/c1-19(21-5-11-25(29)12-6-21)31-28(33)23-7-13-26(14-8-23)32-36(34,35)27-15-9-22(10-16-27)24-4-2-3-20(17-24)18-30/h2-6,9-12,15-17,19,23,26,32H,7-8,13-14,18,30H2,1H3,(H,31,33). The van der Waals surface area contributed by atoms with Crippen LogP contribution in [-0.2, 0) is 21.4 Å². The van der Waals surface area contributed by atoms with E-state index in [1.54, 1.807) is 36.4 Å². The molecule has 1 fully saturated rings. The maximum absolute atomic E-state index is 13.1. The van der Waals surface area contributed by atoms with Crippen LogP contribution in [0.25, 0.3) is 11.1 Å². The first-order valence-electron chi connectivity index (χ1n) is 12.2. The molecule has 1 unspecified atom stereocenters. The SMILES string of the molecule is CC(NC(=O)C1CCC(NS(=O)(=O)c2ccc(-c3cccc(CN)c3)cc2)CC1)c1ccc(F)cc1. The Morgan fingerprint density at radius 2 is 1.64 bits per heavy atom. The lowest BCUT2D eigenvalue weighted by Gasteiger charge is -2.29. The van der Waals surface area contributed by atoms with Gasteiger partial charge in [-0.1, -0.05) is 42.5 Å². The molecule has 4 N–H and O–H groups in total. The minimum Gasteiger partial charge on any atom is -0.349 e. The number of nitrogens with two attached hydrogens (primary N) is 1. The van der Waals surface area contributed by atoms with E-state index in [-0.39, 0.29) is 34.6 Å². The van der Waals surface area contributed by atoms with E-state index in [9.17, 15) is 17.6 Å². The van der Waals surface area contributed by atoms with Crippen molar-refractivity contribution in [3.05, 3.63) is 89.7 Å². The van der Waals surface area contributed by atoms with Crippen molar-refractivity contribution in [3.63, 3.8) is 0 Å². The molecular formula is C28H32FN3O3S. The Morgan fingerprint density at radius 1 is 0.972 bits per heavy atom. The number of carbonyl (C=O) groups is 1. The van der Waals surface area contributed by atoms with E-state index in [2.05, 4.69) is 10.0 Å². The number of amides is 1. The normalized spacial score (nSPS) is 19.0. The minimum absolute atomic E-state index is 0.0533. The molecule has 1 aliphatic carbocycles. The lowest BCUT2D eigenvalue weighted by atomic mass is 9.85. The van der Waals surface area contributed by atoms with Crippen molar-refractivity contribution in [1.29, 1.82) is 0 Å². The van der Waals surface area contributed by atoms with Crippen molar-refractivity contribution in [3.8, 4) is 11.1 Å². The average molecular weight is 510 g/mol. The van der Waals surface area contributed by atoms with E-state index in [1.807, 2.05) is 31.2 Å². The fourth-order valence-electron chi connectivity index (χ4n) is 4.63. The van der Waals surface area contributed by atoms with Crippen molar-refractivity contribution < 1.29 is 17.6 Å². The number of nitrogens with one attached hydrogen (secondary N) is 2. The quantitative estimate of drug-likeness (QED) is 0.411. The van der Waals surface area contributed by atoms with Crippen LogP contribution >= 0.6 is 0 Å². The molecule has 36 heavy (non-hydrogen) atoms. The highest BCUT2D eigenvalue weighted by Crippen LogP contribution is 2.27.